The zero-order valence-electron chi connectivity index (χ0n) is 10.4. The third-order valence-electron chi connectivity index (χ3n) is 3.17. The molecule has 1 saturated heterocycles. The molecule has 1 aliphatic rings. The second-order valence-electron chi connectivity index (χ2n) is 4.95. The molecule has 0 bridgehead atoms. The molecule has 4 N–H and O–H groups in total. The molecule has 1 fully saturated rings. The fourth-order valence-corrected chi connectivity index (χ4v) is 2.26. The van der Waals surface area contributed by atoms with Gasteiger partial charge in [0.05, 0.1) is 5.60 Å². The van der Waals surface area contributed by atoms with E-state index < -0.39 is 5.60 Å². The van der Waals surface area contributed by atoms with Crippen LogP contribution in [-0.4, -0.2) is 44.7 Å². The molecule has 1 aromatic heterocycles. The molecular weight excluding hydrogens is 232 g/mol. The van der Waals surface area contributed by atoms with Gasteiger partial charge in [-0.3, -0.25) is 9.88 Å². The van der Waals surface area contributed by atoms with Crippen molar-refractivity contribution in [2.24, 2.45) is 10.9 Å². The Hall–Kier alpha value is -1.66. The fourth-order valence-electron chi connectivity index (χ4n) is 2.26. The van der Waals surface area contributed by atoms with Gasteiger partial charge in [-0.05, 0) is 25.0 Å². The Kier molecular flexibility index (Phi) is 3.49. The molecule has 98 valence electrons. The van der Waals surface area contributed by atoms with Crippen LogP contribution in [0, 0.1) is 0 Å². The molecule has 6 nitrogen and oxygen atoms in total. The average Bonchev–Trinajstić information content (AvgIpc) is 2.68. The highest BCUT2D eigenvalue weighted by atomic mass is 16.4. The maximum absolute atomic E-state index is 9.92. The first kappa shape index (κ1) is 12.8. The van der Waals surface area contributed by atoms with Crippen molar-refractivity contribution in [1.29, 1.82) is 0 Å². The van der Waals surface area contributed by atoms with Crippen LogP contribution in [0.1, 0.15) is 24.6 Å². The predicted octanol–water partition coefficient (Wildman–Crippen LogP) is 0.133. The fraction of sp³-hybridized carbons (Fsp3) is 0.500. The molecule has 1 unspecified atom stereocenters. The SMILES string of the molecule is CC1(O)CCN(Cc2cccnc2/C(N)=N/O)C1. The lowest BCUT2D eigenvalue weighted by molar-refractivity contribution is 0.0679. The Morgan fingerprint density at radius 3 is 3.06 bits per heavy atom. The first-order valence-electron chi connectivity index (χ1n) is 5.88. The number of β-amino-alcohol motifs (C(OH)–C–C–N with tert-alkyl or cyclic N) is 1. The summed E-state index contributed by atoms with van der Waals surface area (Å²) in [5.74, 6) is 0.0107. The topological polar surface area (TPSA) is 95.0 Å². The number of nitrogens with two attached hydrogens (primary N) is 1. The molecule has 0 aliphatic carbocycles. The maximum Gasteiger partial charge on any atom is 0.189 e. The van der Waals surface area contributed by atoms with E-state index in [1.165, 1.54) is 0 Å². The molecule has 1 aromatic rings. The molecular formula is C12H18N4O2. The van der Waals surface area contributed by atoms with E-state index in [0.29, 0.717) is 18.8 Å². The van der Waals surface area contributed by atoms with E-state index in [1.54, 1.807) is 6.20 Å². The Balaban J connectivity index is 2.15. The van der Waals surface area contributed by atoms with Crippen LogP contribution in [0.25, 0.3) is 0 Å². The van der Waals surface area contributed by atoms with Crippen molar-refractivity contribution in [2.75, 3.05) is 13.1 Å². The summed E-state index contributed by atoms with van der Waals surface area (Å²) < 4.78 is 0. The molecule has 18 heavy (non-hydrogen) atoms. The Bertz CT molecular complexity index is 459. The van der Waals surface area contributed by atoms with Crippen LogP contribution in [0.2, 0.25) is 0 Å². The van der Waals surface area contributed by atoms with Gasteiger partial charge in [-0.25, -0.2) is 0 Å². The lowest BCUT2D eigenvalue weighted by Crippen LogP contribution is -2.30. The average molecular weight is 250 g/mol. The summed E-state index contributed by atoms with van der Waals surface area (Å²) in [6.45, 7) is 3.92. The second-order valence-corrected chi connectivity index (χ2v) is 4.95. The van der Waals surface area contributed by atoms with Crippen LogP contribution in [0.4, 0.5) is 0 Å². The first-order valence-corrected chi connectivity index (χ1v) is 5.88. The van der Waals surface area contributed by atoms with E-state index >= 15 is 0 Å². The monoisotopic (exact) mass is 250 g/mol. The number of nitrogens with zero attached hydrogens (tertiary/aromatic N) is 3. The Labute approximate surface area is 106 Å². The van der Waals surface area contributed by atoms with Crippen LogP contribution >= 0.6 is 0 Å². The predicted molar refractivity (Wildman–Crippen MR) is 67.3 cm³/mol. The van der Waals surface area contributed by atoms with E-state index in [0.717, 1.165) is 18.5 Å². The summed E-state index contributed by atoms with van der Waals surface area (Å²) in [6.07, 6.45) is 2.36. The van der Waals surface area contributed by atoms with Crippen molar-refractivity contribution in [2.45, 2.75) is 25.5 Å². The lowest BCUT2D eigenvalue weighted by Gasteiger charge is -2.19. The van der Waals surface area contributed by atoms with Crippen molar-refractivity contribution in [1.82, 2.24) is 9.88 Å². The van der Waals surface area contributed by atoms with Crippen molar-refractivity contribution < 1.29 is 10.3 Å². The minimum atomic E-state index is -0.626. The molecule has 1 aliphatic heterocycles. The van der Waals surface area contributed by atoms with Gasteiger partial charge in [0.15, 0.2) is 5.84 Å². The number of amidine groups is 1. The molecule has 0 radical (unpaired) electrons. The van der Waals surface area contributed by atoms with Crippen LogP contribution in [0.5, 0.6) is 0 Å². The Morgan fingerprint density at radius 1 is 1.67 bits per heavy atom. The number of hydrogen-bond donors (Lipinski definition) is 3. The molecule has 0 saturated carbocycles. The molecule has 0 amide bonds. The highest BCUT2D eigenvalue weighted by Gasteiger charge is 2.31. The zero-order chi connectivity index (χ0) is 13.2. The minimum Gasteiger partial charge on any atom is -0.409 e. The zero-order valence-corrected chi connectivity index (χ0v) is 10.4. The van der Waals surface area contributed by atoms with E-state index in [9.17, 15) is 5.11 Å². The molecule has 2 heterocycles. The van der Waals surface area contributed by atoms with Crippen LogP contribution in [0.15, 0.2) is 23.5 Å². The van der Waals surface area contributed by atoms with Gasteiger partial charge in [0.1, 0.15) is 5.69 Å². The molecule has 6 heteroatoms. The molecule has 0 spiro atoms. The smallest absolute Gasteiger partial charge is 0.189 e. The van der Waals surface area contributed by atoms with Crippen molar-refractivity contribution in [3.63, 3.8) is 0 Å². The first-order chi connectivity index (χ1) is 8.52. The van der Waals surface area contributed by atoms with Gasteiger partial charge in [0.25, 0.3) is 0 Å². The Morgan fingerprint density at radius 2 is 2.44 bits per heavy atom. The van der Waals surface area contributed by atoms with Crippen molar-refractivity contribution >= 4 is 5.84 Å². The van der Waals surface area contributed by atoms with E-state index in [1.807, 2.05) is 19.1 Å². The van der Waals surface area contributed by atoms with Gasteiger partial charge in [-0.1, -0.05) is 11.2 Å². The van der Waals surface area contributed by atoms with Crippen LogP contribution in [0.3, 0.4) is 0 Å². The number of oxime groups is 1. The van der Waals surface area contributed by atoms with Gasteiger partial charge >= 0.3 is 0 Å². The minimum absolute atomic E-state index is 0.0107. The quantitative estimate of drug-likeness (QED) is 0.307. The standard InChI is InChI=1S/C12H18N4O2/c1-12(17)4-6-16(8-12)7-9-3-2-5-14-10(9)11(13)15-18/h2-3,5,17-18H,4,6-8H2,1H3,(H2,13,15). The third-order valence-corrected chi connectivity index (χ3v) is 3.17. The highest BCUT2D eigenvalue weighted by Crippen LogP contribution is 2.22. The molecule has 0 aromatic carbocycles. The van der Waals surface area contributed by atoms with Crippen molar-refractivity contribution in [3.8, 4) is 0 Å². The number of rotatable bonds is 3. The van der Waals surface area contributed by atoms with Gasteiger partial charge in [0, 0.05) is 25.8 Å². The van der Waals surface area contributed by atoms with E-state index in [4.69, 9.17) is 10.9 Å². The lowest BCUT2D eigenvalue weighted by atomic mass is 10.1. The molecule has 1 atom stereocenters. The maximum atomic E-state index is 9.92. The van der Waals surface area contributed by atoms with Gasteiger partial charge in [-0.2, -0.15) is 0 Å². The number of aromatic nitrogens is 1. The summed E-state index contributed by atoms with van der Waals surface area (Å²) in [7, 11) is 0. The normalized spacial score (nSPS) is 25.6. The largest absolute Gasteiger partial charge is 0.409 e. The van der Waals surface area contributed by atoms with Gasteiger partial charge in [0.2, 0.25) is 0 Å². The summed E-state index contributed by atoms with van der Waals surface area (Å²) in [5.41, 5.74) is 6.35. The van der Waals surface area contributed by atoms with Gasteiger partial charge in [-0.15, -0.1) is 0 Å². The number of pyridine rings is 1. The summed E-state index contributed by atoms with van der Waals surface area (Å²) in [4.78, 5) is 6.25. The second kappa shape index (κ2) is 4.91. The molecule has 2 rings (SSSR count). The van der Waals surface area contributed by atoms with Crippen LogP contribution in [-0.2, 0) is 6.54 Å². The summed E-state index contributed by atoms with van der Waals surface area (Å²) >= 11 is 0. The summed E-state index contributed by atoms with van der Waals surface area (Å²) in [5, 5.41) is 21.6. The van der Waals surface area contributed by atoms with E-state index in [2.05, 4.69) is 15.0 Å². The number of aliphatic hydroxyl groups is 1. The van der Waals surface area contributed by atoms with Crippen molar-refractivity contribution in [3.05, 3.63) is 29.6 Å². The van der Waals surface area contributed by atoms with Gasteiger partial charge < -0.3 is 16.0 Å². The number of likely N-dealkylation sites (tertiary alicyclic amines) is 1. The van der Waals surface area contributed by atoms with E-state index in [-0.39, 0.29) is 5.84 Å². The summed E-state index contributed by atoms with van der Waals surface area (Å²) in [6, 6.07) is 3.71. The highest BCUT2D eigenvalue weighted by molar-refractivity contribution is 5.96. The van der Waals surface area contributed by atoms with Crippen LogP contribution < -0.4 is 5.73 Å². The third kappa shape index (κ3) is 2.77. The number of hydrogen-bond acceptors (Lipinski definition) is 5.